The van der Waals surface area contributed by atoms with Gasteiger partial charge in [0.15, 0.2) is 11.4 Å². The van der Waals surface area contributed by atoms with Crippen molar-refractivity contribution < 1.29 is 4.79 Å². The average Bonchev–Trinajstić information content (AvgIpc) is 2.48. The van der Waals surface area contributed by atoms with E-state index in [1.54, 1.807) is 6.20 Å². The fourth-order valence-corrected chi connectivity index (χ4v) is 1.31. The number of aromatic nitrogens is 1. The van der Waals surface area contributed by atoms with E-state index in [4.69, 9.17) is 0 Å². The summed E-state index contributed by atoms with van der Waals surface area (Å²) in [6.07, 6.45) is 3.46. The van der Waals surface area contributed by atoms with E-state index in [0.717, 1.165) is 24.4 Å². The van der Waals surface area contributed by atoms with Gasteiger partial charge in [-0.3, -0.25) is 4.79 Å². The van der Waals surface area contributed by atoms with Gasteiger partial charge in [-0.2, -0.15) is 0 Å². The SMILES string of the molecule is CCCNc1ncc(C=O)s1. The molecule has 0 radical (unpaired) electrons. The molecule has 1 aromatic rings. The second kappa shape index (κ2) is 4.08. The van der Waals surface area contributed by atoms with E-state index >= 15 is 0 Å². The van der Waals surface area contributed by atoms with Crippen LogP contribution >= 0.6 is 11.3 Å². The number of thiazole rings is 1. The first kappa shape index (κ1) is 8.20. The molecule has 0 fully saturated rings. The van der Waals surface area contributed by atoms with Crippen molar-refractivity contribution in [2.45, 2.75) is 13.3 Å². The van der Waals surface area contributed by atoms with E-state index in [1.165, 1.54) is 11.3 Å². The lowest BCUT2D eigenvalue weighted by atomic mass is 10.5. The smallest absolute Gasteiger partial charge is 0.183 e. The summed E-state index contributed by atoms with van der Waals surface area (Å²) in [4.78, 5) is 14.9. The molecule has 0 aliphatic heterocycles. The van der Waals surface area contributed by atoms with Crippen LogP contribution in [0, 0.1) is 0 Å². The standard InChI is InChI=1S/C7H10N2OS/c1-2-3-8-7-9-4-6(5-10)11-7/h4-5H,2-3H2,1H3,(H,8,9). The Hall–Kier alpha value is -0.900. The van der Waals surface area contributed by atoms with Gasteiger partial charge in [0.2, 0.25) is 0 Å². The molecule has 0 unspecified atom stereocenters. The highest BCUT2D eigenvalue weighted by Crippen LogP contribution is 2.15. The van der Waals surface area contributed by atoms with Gasteiger partial charge in [-0.15, -0.1) is 0 Å². The Kier molecular flexibility index (Phi) is 3.04. The zero-order valence-electron chi connectivity index (χ0n) is 6.33. The molecule has 3 nitrogen and oxygen atoms in total. The molecule has 0 saturated carbocycles. The predicted octanol–water partition coefficient (Wildman–Crippen LogP) is 1.78. The highest BCUT2D eigenvalue weighted by molar-refractivity contribution is 7.17. The number of carbonyl (C=O) groups excluding carboxylic acids is 1. The minimum absolute atomic E-state index is 0.670. The third-order valence-electron chi connectivity index (χ3n) is 1.17. The summed E-state index contributed by atoms with van der Waals surface area (Å²) >= 11 is 1.38. The summed E-state index contributed by atoms with van der Waals surface area (Å²) in [5.74, 6) is 0. The monoisotopic (exact) mass is 170 g/mol. The molecule has 1 N–H and O–H groups in total. The molecule has 0 aromatic carbocycles. The first-order chi connectivity index (χ1) is 5.36. The maximum atomic E-state index is 10.2. The van der Waals surface area contributed by atoms with Crippen molar-refractivity contribution in [3.8, 4) is 0 Å². The Balaban J connectivity index is 2.51. The molecule has 0 bridgehead atoms. The van der Waals surface area contributed by atoms with E-state index in [0.29, 0.717) is 4.88 Å². The van der Waals surface area contributed by atoms with Gasteiger partial charge in [-0.05, 0) is 6.42 Å². The van der Waals surface area contributed by atoms with Gasteiger partial charge in [0.05, 0.1) is 11.1 Å². The Bertz CT molecular complexity index is 234. The second-order valence-electron chi connectivity index (χ2n) is 2.11. The summed E-state index contributed by atoms with van der Waals surface area (Å²) < 4.78 is 0. The second-order valence-corrected chi connectivity index (χ2v) is 3.17. The highest BCUT2D eigenvalue weighted by Gasteiger charge is 1.97. The fourth-order valence-electron chi connectivity index (χ4n) is 0.655. The van der Waals surface area contributed by atoms with Crippen LogP contribution in [-0.4, -0.2) is 17.8 Å². The molecule has 4 heteroatoms. The summed E-state index contributed by atoms with van der Waals surface area (Å²) in [6.45, 7) is 2.99. The third kappa shape index (κ3) is 2.31. The van der Waals surface area contributed by atoms with E-state index in [9.17, 15) is 4.79 Å². The largest absolute Gasteiger partial charge is 0.362 e. The molecule has 1 heterocycles. The molecule has 60 valence electrons. The predicted molar refractivity (Wildman–Crippen MR) is 46.3 cm³/mol. The molecule has 0 amide bonds. The Morgan fingerprint density at radius 1 is 1.82 bits per heavy atom. The van der Waals surface area contributed by atoms with E-state index in [1.807, 2.05) is 0 Å². The van der Waals surface area contributed by atoms with Gasteiger partial charge in [0.1, 0.15) is 0 Å². The molecule has 0 spiro atoms. The molecule has 1 rings (SSSR count). The van der Waals surface area contributed by atoms with Crippen LogP contribution in [-0.2, 0) is 0 Å². The number of anilines is 1. The van der Waals surface area contributed by atoms with Crippen molar-refractivity contribution in [3.05, 3.63) is 11.1 Å². The Labute approximate surface area is 69.5 Å². The number of rotatable bonds is 4. The Morgan fingerprint density at radius 3 is 3.18 bits per heavy atom. The van der Waals surface area contributed by atoms with Crippen molar-refractivity contribution in [3.63, 3.8) is 0 Å². The van der Waals surface area contributed by atoms with E-state index in [-0.39, 0.29) is 0 Å². The van der Waals surface area contributed by atoms with Gasteiger partial charge in [-0.1, -0.05) is 18.3 Å². The van der Waals surface area contributed by atoms with Crippen LogP contribution in [0.15, 0.2) is 6.20 Å². The van der Waals surface area contributed by atoms with Crippen LogP contribution in [0.3, 0.4) is 0 Å². The maximum absolute atomic E-state index is 10.2. The maximum Gasteiger partial charge on any atom is 0.183 e. The molecule has 0 aliphatic carbocycles. The molecular formula is C7H10N2OS. The molecule has 0 atom stereocenters. The normalized spacial score (nSPS) is 9.55. The van der Waals surface area contributed by atoms with Crippen LogP contribution in [0.4, 0.5) is 5.13 Å². The lowest BCUT2D eigenvalue weighted by Gasteiger charge is -1.95. The summed E-state index contributed by atoms with van der Waals surface area (Å²) in [6, 6.07) is 0. The first-order valence-corrected chi connectivity index (χ1v) is 4.33. The van der Waals surface area contributed by atoms with Crippen molar-refractivity contribution in [1.29, 1.82) is 0 Å². The van der Waals surface area contributed by atoms with E-state index < -0.39 is 0 Å². The van der Waals surface area contributed by atoms with Gasteiger partial charge < -0.3 is 5.32 Å². The van der Waals surface area contributed by atoms with Crippen LogP contribution in [0.5, 0.6) is 0 Å². The van der Waals surface area contributed by atoms with E-state index in [2.05, 4.69) is 17.2 Å². The number of hydrogen-bond acceptors (Lipinski definition) is 4. The number of nitrogens with one attached hydrogen (secondary N) is 1. The van der Waals surface area contributed by atoms with Gasteiger partial charge >= 0.3 is 0 Å². The minimum atomic E-state index is 0.670. The number of hydrogen-bond donors (Lipinski definition) is 1. The van der Waals surface area contributed by atoms with Crippen LogP contribution < -0.4 is 5.32 Å². The first-order valence-electron chi connectivity index (χ1n) is 3.51. The van der Waals surface area contributed by atoms with Crippen LogP contribution in [0.25, 0.3) is 0 Å². The van der Waals surface area contributed by atoms with Crippen molar-refractivity contribution in [2.75, 3.05) is 11.9 Å². The molecular weight excluding hydrogens is 160 g/mol. The number of carbonyl (C=O) groups is 1. The summed E-state index contributed by atoms with van der Waals surface area (Å²) in [5.41, 5.74) is 0. The quantitative estimate of drug-likeness (QED) is 0.700. The fraction of sp³-hybridized carbons (Fsp3) is 0.429. The number of nitrogens with zero attached hydrogens (tertiary/aromatic N) is 1. The van der Waals surface area contributed by atoms with Crippen molar-refractivity contribution in [2.24, 2.45) is 0 Å². The zero-order chi connectivity index (χ0) is 8.10. The molecule has 0 saturated heterocycles. The minimum Gasteiger partial charge on any atom is -0.362 e. The highest BCUT2D eigenvalue weighted by atomic mass is 32.1. The molecule has 11 heavy (non-hydrogen) atoms. The average molecular weight is 170 g/mol. The topological polar surface area (TPSA) is 42.0 Å². The lowest BCUT2D eigenvalue weighted by molar-refractivity contribution is 0.112. The summed E-state index contributed by atoms with van der Waals surface area (Å²) in [5, 5.41) is 3.93. The van der Waals surface area contributed by atoms with Gasteiger partial charge in [0.25, 0.3) is 0 Å². The van der Waals surface area contributed by atoms with Gasteiger partial charge in [0, 0.05) is 6.54 Å². The third-order valence-corrected chi connectivity index (χ3v) is 2.05. The molecule has 1 aromatic heterocycles. The van der Waals surface area contributed by atoms with Gasteiger partial charge in [-0.25, -0.2) is 4.98 Å². The number of aldehydes is 1. The van der Waals surface area contributed by atoms with Crippen LogP contribution in [0.2, 0.25) is 0 Å². The lowest BCUT2D eigenvalue weighted by Crippen LogP contribution is -1.97. The Morgan fingerprint density at radius 2 is 2.64 bits per heavy atom. The van der Waals surface area contributed by atoms with Crippen molar-refractivity contribution in [1.82, 2.24) is 4.98 Å². The summed E-state index contributed by atoms with van der Waals surface area (Å²) in [7, 11) is 0. The zero-order valence-corrected chi connectivity index (χ0v) is 7.15. The molecule has 0 aliphatic rings. The van der Waals surface area contributed by atoms with Crippen LogP contribution in [0.1, 0.15) is 23.0 Å². The van der Waals surface area contributed by atoms with Crippen molar-refractivity contribution >= 4 is 22.8 Å².